The normalized spacial score (nSPS) is 26.0. The van der Waals surface area contributed by atoms with Gasteiger partial charge in [0.15, 0.2) is 0 Å². The summed E-state index contributed by atoms with van der Waals surface area (Å²) in [6.07, 6.45) is 3.03. The largest absolute Gasteiger partial charge is 0.442 e. The first-order chi connectivity index (χ1) is 14.9. The van der Waals surface area contributed by atoms with Gasteiger partial charge in [-0.05, 0) is 23.8 Å². The highest BCUT2D eigenvalue weighted by atomic mass is 32.2. The van der Waals surface area contributed by atoms with Gasteiger partial charge in [-0.2, -0.15) is 11.8 Å². The predicted octanol–water partition coefficient (Wildman–Crippen LogP) is 2.56. The number of benzene rings is 1. The lowest BCUT2D eigenvalue weighted by molar-refractivity contribution is -0.119. The molecule has 3 heterocycles. The summed E-state index contributed by atoms with van der Waals surface area (Å²) in [5.41, 5.74) is 0.442. The second-order valence-corrected chi connectivity index (χ2v) is 9.47. The number of cyclic esters (lactones) is 1. The van der Waals surface area contributed by atoms with Gasteiger partial charge in [0.2, 0.25) is 5.91 Å². The minimum absolute atomic E-state index is 0.191. The van der Waals surface area contributed by atoms with Crippen LogP contribution < -0.4 is 10.2 Å². The molecule has 0 bridgehead atoms. The summed E-state index contributed by atoms with van der Waals surface area (Å²) in [4.78, 5) is 31.7. The highest BCUT2D eigenvalue weighted by molar-refractivity contribution is 7.99. The molecule has 7 nitrogen and oxygen atoms in total. The fraction of sp³-hybridized carbons (Fsp3) is 0.500. The molecule has 0 aliphatic carbocycles. The van der Waals surface area contributed by atoms with E-state index in [2.05, 4.69) is 10.2 Å². The smallest absolute Gasteiger partial charge is 0.414 e. The van der Waals surface area contributed by atoms with E-state index in [-0.39, 0.29) is 24.8 Å². The van der Waals surface area contributed by atoms with Crippen LogP contribution in [0.3, 0.4) is 0 Å². The average Bonchev–Trinajstić information content (AvgIpc) is 3.14. The van der Waals surface area contributed by atoms with Crippen LogP contribution in [-0.2, 0) is 14.9 Å². The minimum atomic E-state index is -0.546. The molecule has 3 aliphatic heterocycles. The maximum atomic E-state index is 15.1. The molecule has 9 heteroatoms. The van der Waals surface area contributed by atoms with E-state index in [1.807, 2.05) is 30.8 Å². The van der Waals surface area contributed by atoms with E-state index in [0.717, 1.165) is 30.4 Å². The summed E-state index contributed by atoms with van der Waals surface area (Å²) >= 11 is 1.95. The molecule has 0 spiro atoms. The van der Waals surface area contributed by atoms with Crippen molar-refractivity contribution in [3.8, 4) is 0 Å². The van der Waals surface area contributed by atoms with Crippen molar-refractivity contribution in [1.29, 1.82) is 0 Å². The van der Waals surface area contributed by atoms with Crippen LogP contribution in [0.4, 0.5) is 14.9 Å². The number of anilines is 1. The molecular formula is C22H27FN4O3S. The van der Waals surface area contributed by atoms with E-state index in [0.29, 0.717) is 17.8 Å². The molecular weight excluding hydrogens is 419 g/mol. The maximum absolute atomic E-state index is 15.1. The lowest BCUT2D eigenvalue weighted by Crippen LogP contribution is -2.40. The van der Waals surface area contributed by atoms with E-state index in [4.69, 9.17) is 9.73 Å². The van der Waals surface area contributed by atoms with E-state index < -0.39 is 17.6 Å². The number of nitrogens with one attached hydrogen (secondary N) is 1. The van der Waals surface area contributed by atoms with Gasteiger partial charge in [0.05, 0.1) is 25.3 Å². The molecule has 4 rings (SSSR count). The number of hydrogen-bond acceptors (Lipinski definition) is 6. The number of carbonyl (C=O) groups is 2. The quantitative estimate of drug-likeness (QED) is 0.770. The highest BCUT2D eigenvalue weighted by Gasteiger charge is 2.34. The Hall–Kier alpha value is -2.55. The molecule has 2 amide bonds. The van der Waals surface area contributed by atoms with Crippen molar-refractivity contribution in [1.82, 2.24) is 10.2 Å². The fourth-order valence-corrected chi connectivity index (χ4v) is 4.92. The molecule has 0 aromatic heterocycles. The Morgan fingerprint density at radius 3 is 2.81 bits per heavy atom. The van der Waals surface area contributed by atoms with Gasteiger partial charge in [-0.25, -0.2) is 9.18 Å². The summed E-state index contributed by atoms with van der Waals surface area (Å²) < 4.78 is 20.4. The Kier molecular flexibility index (Phi) is 6.22. The van der Waals surface area contributed by atoms with Gasteiger partial charge in [-0.15, -0.1) is 0 Å². The van der Waals surface area contributed by atoms with Gasteiger partial charge in [-0.3, -0.25) is 14.7 Å². The Balaban J connectivity index is 1.45. The van der Waals surface area contributed by atoms with E-state index in [9.17, 15) is 9.59 Å². The van der Waals surface area contributed by atoms with E-state index in [1.54, 1.807) is 12.1 Å². The zero-order chi connectivity index (χ0) is 22.0. The Morgan fingerprint density at radius 2 is 2.16 bits per heavy atom. The molecule has 1 aromatic carbocycles. The molecule has 3 aliphatic rings. The number of nitrogens with zero attached hydrogens (tertiary/aromatic N) is 3. The number of ether oxygens (including phenoxy) is 1. The molecule has 1 aromatic rings. The number of dihydropyridines is 1. The van der Waals surface area contributed by atoms with Crippen molar-refractivity contribution in [2.24, 2.45) is 4.99 Å². The van der Waals surface area contributed by atoms with Crippen LogP contribution in [0.2, 0.25) is 0 Å². The zero-order valence-corrected chi connectivity index (χ0v) is 18.6. The van der Waals surface area contributed by atoms with E-state index >= 15 is 4.39 Å². The Morgan fingerprint density at radius 1 is 1.39 bits per heavy atom. The molecule has 2 saturated heterocycles. The number of rotatable bonds is 4. The van der Waals surface area contributed by atoms with Crippen LogP contribution in [0.15, 0.2) is 35.3 Å². The van der Waals surface area contributed by atoms with Crippen LogP contribution in [0, 0.1) is 5.82 Å². The third kappa shape index (κ3) is 4.71. The first kappa shape index (κ1) is 21.7. The van der Waals surface area contributed by atoms with Crippen molar-refractivity contribution in [3.63, 3.8) is 0 Å². The fourth-order valence-electron chi connectivity index (χ4n) is 4.01. The number of carbonyl (C=O) groups excluding carboxylic acids is 2. The number of thioether (sulfide) groups is 1. The number of aliphatic imine (C=N–C) groups is 1. The maximum Gasteiger partial charge on any atom is 0.414 e. The van der Waals surface area contributed by atoms with Gasteiger partial charge in [0.25, 0.3) is 0 Å². The summed E-state index contributed by atoms with van der Waals surface area (Å²) in [7, 11) is 0. The topological polar surface area (TPSA) is 74.2 Å². The third-order valence-electron chi connectivity index (χ3n) is 5.84. The summed E-state index contributed by atoms with van der Waals surface area (Å²) in [6, 6.07) is 4.83. The molecule has 31 heavy (non-hydrogen) atoms. The van der Waals surface area contributed by atoms with Gasteiger partial charge in [-0.1, -0.05) is 19.1 Å². The van der Waals surface area contributed by atoms with Gasteiger partial charge in [0.1, 0.15) is 17.8 Å². The predicted molar refractivity (Wildman–Crippen MR) is 120 cm³/mol. The van der Waals surface area contributed by atoms with Crippen LogP contribution in [0.25, 0.3) is 0 Å². The highest BCUT2D eigenvalue weighted by Crippen LogP contribution is 2.33. The number of amidine groups is 1. The number of hydrogen-bond donors (Lipinski definition) is 1. The van der Waals surface area contributed by atoms with Crippen LogP contribution >= 0.6 is 11.8 Å². The van der Waals surface area contributed by atoms with Crippen molar-refractivity contribution in [2.75, 3.05) is 49.1 Å². The van der Waals surface area contributed by atoms with Crippen molar-refractivity contribution in [3.05, 3.63) is 41.7 Å². The molecule has 166 valence electrons. The molecule has 0 saturated carbocycles. The molecule has 1 unspecified atom stereocenters. The lowest BCUT2D eigenvalue weighted by atomic mass is 9.80. The second kappa shape index (κ2) is 8.90. The molecule has 1 N–H and O–H groups in total. The Bertz CT molecular complexity index is 931. The molecule has 2 atom stereocenters. The first-order valence-corrected chi connectivity index (χ1v) is 11.6. The van der Waals surface area contributed by atoms with Gasteiger partial charge >= 0.3 is 6.09 Å². The van der Waals surface area contributed by atoms with Crippen LogP contribution in [-0.4, -0.2) is 73.1 Å². The van der Waals surface area contributed by atoms with Crippen molar-refractivity contribution in [2.45, 2.75) is 25.4 Å². The second-order valence-electron chi connectivity index (χ2n) is 8.24. The standard InChI is InChI=1S/C22H27FN4O3S/c1-15(28)24-12-17-13-27(21(29)30-17)16-3-4-18(19(23)11-16)22(2)6-5-20(25-14-22)26-7-9-31-10-8-26/h3-6,11,17H,7-10,12-14H2,1-2H3,(H,24,28)/t17-,22?/m0/s1. The van der Waals surface area contributed by atoms with Gasteiger partial charge < -0.3 is 15.0 Å². The lowest BCUT2D eigenvalue weighted by Gasteiger charge is -2.34. The number of amides is 2. The third-order valence-corrected chi connectivity index (χ3v) is 6.78. The summed E-state index contributed by atoms with van der Waals surface area (Å²) in [5, 5.41) is 2.63. The first-order valence-electron chi connectivity index (χ1n) is 10.4. The van der Waals surface area contributed by atoms with Crippen LogP contribution in [0.5, 0.6) is 0 Å². The Labute approximate surface area is 185 Å². The van der Waals surface area contributed by atoms with Crippen LogP contribution in [0.1, 0.15) is 19.4 Å². The zero-order valence-electron chi connectivity index (χ0n) is 17.8. The molecule has 2 fully saturated rings. The summed E-state index contributed by atoms with van der Waals surface area (Å²) in [5.74, 6) is 2.61. The SMILES string of the molecule is CC(=O)NC[C@H]1CN(c2ccc(C3(C)C=CC(N4CCSCC4)=NC3)c(F)c2)C(=O)O1. The van der Waals surface area contributed by atoms with Crippen molar-refractivity contribution >= 4 is 35.3 Å². The monoisotopic (exact) mass is 446 g/mol. The summed E-state index contributed by atoms with van der Waals surface area (Å²) in [6.45, 7) is 6.32. The van der Waals surface area contributed by atoms with Gasteiger partial charge in [0, 0.05) is 36.9 Å². The number of halogens is 1. The average molecular weight is 447 g/mol. The van der Waals surface area contributed by atoms with E-state index in [1.165, 1.54) is 17.9 Å². The van der Waals surface area contributed by atoms with Crippen molar-refractivity contribution < 1.29 is 18.7 Å². The minimum Gasteiger partial charge on any atom is -0.442 e. The molecule has 0 radical (unpaired) electrons.